The molecular weight excluding hydrogens is 248 g/mol. The Balaban J connectivity index is 1.55. The maximum atomic E-state index is 5.50. The minimum atomic E-state index is 0.706. The van der Waals surface area contributed by atoms with Gasteiger partial charge in [0.1, 0.15) is 11.5 Å². The second kappa shape index (κ2) is 6.75. The molecule has 2 aliphatic rings. The first-order chi connectivity index (χ1) is 9.88. The van der Waals surface area contributed by atoms with Gasteiger partial charge in [0.15, 0.2) is 0 Å². The van der Waals surface area contributed by atoms with Crippen LogP contribution >= 0.6 is 0 Å². The Morgan fingerprint density at radius 1 is 1.20 bits per heavy atom. The largest absolute Gasteiger partial charge is 0.361 e. The molecule has 0 aromatic carbocycles. The van der Waals surface area contributed by atoms with Crippen molar-refractivity contribution in [3.05, 3.63) is 17.0 Å². The van der Waals surface area contributed by atoms with Crippen LogP contribution in [0.3, 0.4) is 0 Å². The predicted octanol–water partition coefficient (Wildman–Crippen LogP) is 4.00. The lowest BCUT2D eigenvalue weighted by Gasteiger charge is -2.20. The van der Waals surface area contributed by atoms with Crippen LogP contribution in [-0.4, -0.2) is 11.2 Å². The highest BCUT2D eigenvalue weighted by Crippen LogP contribution is 2.30. The molecule has 3 heteroatoms. The van der Waals surface area contributed by atoms with Crippen LogP contribution < -0.4 is 5.32 Å². The highest BCUT2D eigenvalue weighted by Gasteiger charge is 2.27. The zero-order valence-electron chi connectivity index (χ0n) is 12.8. The summed E-state index contributed by atoms with van der Waals surface area (Å²) in [6.45, 7) is 3.20. The van der Waals surface area contributed by atoms with Gasteiger partial charge in [-0.1, -0.05) is 31.3 Å². The fourth-order valence-electron chi connectivity index (χ4n) is 3.93. The van der Waals surface area contributed by atoms with Crippen LogP contribution in [0, 0.1) is 5.92 Å². The number of hydrogen-bond acceptors (Lipinski definition) is 3. The fourth-order valence-corrected chi connectivity index (χ4v) is 3.93. The lowest BCUT2D eigenvalue weighted by atomic mass is 9.95. The Hall–Kier alpha value is -0.830. The second-order valence-electron chi connectivity index (χ2n) is 6.56. The van der Waals surface area contributed by atoms with Crippen molar-refractivity contribution in [1.29, 1.82) is 0 Å². The summed E-state index contributed by atoms with van der Waals surface area (Å²) in [6.07, 6.45) is 13.0. The van der Waals surface area contributed by atoms with Crippen LogP contribution in [0.1, 0.15) is 75.3 Å². The average molecular weight is 276 g/mol. The van der Waals surface area contributed by atoms with Crippen LogP contribution in [0.2, 0.25) is 0 Å². The van der Waals surface area contributed by atoms with E-state index in [0.717, 1.165) is 24.6 Å². The van der Waals surface area contributed by atoms with Gasteiger partial charge in [-0.3, -0.25) is 0 Å². The Kier molecular flexibility index (Phi) is 4.77. The molecule has 1 saturated carbocycles. The van der Waals surface area contributed by atoms with Crippen molar-refractivity contribution in [2.24, 2.45) is 5.92 Å². The summed E-state index contributed by atoms with van der Waals surface area (Å²) in [5, 5.41) is 8.08. The lowest BCUT2D eigenvalue weighted by Crippen LogP contribution is -2.32. The van der Waals surface area contributed by atoms with Crippen molar-refractivity contribution in [2.75, 3.05) is 0 Å². The zero-order chi connectivity index (χ0) is 13.8. The highest BCUT2D eigenvalue weighted by atomic mass is 16.5. The number of aromatic nitrogens is 1. The minimum absolute atomic E-state index is 0.706. The first kappa shape index (κ1) is 14.1. The maximum Gasteiger partial charge on any atom is 0.140 e. The molecule has 1 aromatic rings. The van der Waals surface area contributed by atoms with Crippen LogP contribution in [0.5, 0.6) is 0 Å². The molecule has 3 nitrogen and oxygen atoms in total. The summed E-state index contributed by atoms with van der Waals surface area (Å²) >= 11 is 0. The number of fused-ring (bicyclic) bond motifs is 1. The molecule has 0 radical (unpaired) electrons. The van der Waals surface area contributed by atoms with Crippen molar-refractivity contribution < 1.29 is 4.52 Å². The first-order valence-corrected chi connectivity index (χ1v) is 8.58. The van der Waals surface area contributed by atoms with Gasteiger partial charge in [-0.15, -0.1) is 0 Å². The van der Waals surface area contributed by atoms with Gasteiger partial charge in [0.25, 0.3) is 0 Å². The fraction of sp³-hybridized carbons (Fsp3) is 0.824. The molecule has 0 bridgehead atoms. The Bertz CT molecular complexity index is 427. The number of nitrogens with zero attached hydrogens (tertiary/aromatic N) is 1. The number of rotatable bonds is 6. The van der Waals surface area contributed by atoms with E-state index in [2.05, 4.69) is 17.4 Å². The Morgan fingerprint density at radius 3 is 3.00 bits per heavy atom. The molecule has 1 aromatic heterocycles. The minimum Gasteiger partial charge on any atom is -0.361 e. The van der Waals surface area contributed by atoms with Crippen molar-refractivity contribution in [1.82, 2.24) is 10.5 Å². The van der Waals surface area contributed by atoms with Crippen molar-refractivity contribution in [3.63, 3.8) is 0 Å². The van der Waals surface area contributed by atoms with Gasteiger partial charge in [-0.05, 0) is 44.4 Å². The second-order valence-corrected chi connectivity index (χ2v) is 6.56. The molecule has 0 saturated heterocycles. The van der Waals surface area contributed by atoms with Crippen molar-refractivity contribution in [3.8, 4) is 0 Å². The summed E-state index contributed by atoms with van der Waals surface area (Å²) in [5.41, 5.74) is 2.59. The van der Waals surface area contributed by atoms with E-state index in [0.29, 0.717) is 6.04 Å². The van der Waals surface area contributed by atoms with Crippen molar-refractivity contribution >= 4 is 0 Å². The van der Waals surface area contributed by atoms with Gasteiger partial charge in [-0.2, -0.15) is 0 Å². The van der Waals surface area contributed by atoms with E-state index in [4.69, 9.17) is 4.52 Å². The van der Waals surface area contributed by atoms with E-state index in [9.17, 15) is 0 Å². The molecule has 20 heavy (non-hydrogen) atoms. The molecule has 112 valence electrons. The third-order valence-electron chi connectivity index (χ3n) is 5.15. The summed E-state index contributed by atoms with van der Waals surface area (Å²) in [7, 11) is 0. The summed E-state index contributed by atoms with van der Waals surface area (Å²) in [6, 6.07) is 0.706. The van der Waals surface area contributed by atoms with Gasteiger partial charge in [0.05, 0.1) is 0 Å². The van der Waals surface area contributed by atoms with E-state index in [-0.39, 0.29) is 0 Å². The zero-order valence-corrected chi connectivity index (χ0v) is 12.8. The average Bonchev–Trinajstić information content (AvgIpc) is 3.09. The molecule has 1 N–H and O–H groups in total. The van der Waals surface area contributed by atoms with Crippen LogP contribution in [0.25, 0.3) is 0 Å². The van der Waals surface area contributed by atoms with Gasteiger partial charge in [-0.25, -0.2) is 0 Å². The van der Waals surface area contributed by atoms with Gasteiger partial charge < -0.3 is 9.84 Å². The number of nitrogens with one attached hydrogen (secondary N) is 1. The molecule has 1 fully saturated rings. The predicted molar refractivity (Wildman–Crippen MR) is 80.6 cm³/mol. The van der Waals surface area contributed by atoms with Crippen LogP contribution in [0.15, 0.2) is 4.52 Å². The van der Waals surface area contributed by atoms with Gasteiger partial charge in [0.2, 0.25) is 0 Å². The van der Waals surface area contributed by atoms with E-state index in [1.807, 2.05) is 0 Å². The van der Waals surface area contributed by atoms with E-state index >= 15 is 0 Å². The topological polar surface area (TPSA) is 38.1 Å². The smallest absolute Gasteiger partial charge is 0.140 e. The quantitative estimate of drug-likeness (QED) is 0.853. The molecule has 2 aliphatic carbocycles. The Morgan fingerprint density at radius 2 is 2.10 bits per heavy atom. The summed E-state index contributed by atoms with van der Waals surface area (Å²) < 4.78 is 5.50. The molecule has 0 aliphatic heterocycles. The standard InChI is InChI=1S/C17H28N2O/c1-2-3-7-13-8-6-10-15(13)18-12-16-14-9-4-5-11-17(14)20-19-16/h13,15,18H,2-12H2,1H3/t13-,15-/m1/s1. The molecule has 0 spiro atoms. The number of unbranched alkanes of at least 4 members (excludes halogenated alkanes) is 1. The summed E-state index contributed by atoms with van der Waals surface area (Å²) in [4.78, 5) is 0. The molecular formula is C17H28N2O. The number of hydrogen-bond donors (Lipinski definition) is 1. The van der Waals surface area contributed by atoms with Gasteiger partial charge >= 0.3 is 0 Å². The number of aryl methyl sites for hydroxylation is 1. The van der Waals surface area contributed by atoms with E-state index in [1.165, 1.54) is 69.0 Å². The van der Waals surface area contributed by atoms with E-state index in [1.54, 1.807) is 0 Å². The monoisotopic (exact) mass is 276 g/mol. The third kappa shape index (κ3) is 3.08. The molecule has 0 amide bonds. The Labute approximate surface area is 122 Å². The highest BCUT2D eigenvalue weighted by molar-refractivity contribution is 5.25. The first-order valence-electron chi connectivity index (χ1n) is 8.58. The molecule has 0 unspecified atom stereocenters. The van der Waals surface area contributed by atoms with E-state index < -0.39 is 0 Å². The van der Waals surface area contributed by atoms with Gasteiger partial charge in [0, 0.05) is 24.6 Å². The molecule has 2 atom stereocenters. The maximum absolute atomic E-state index is 5.50. The third-order valence-corrected chi connectivity index (χ3v) is 5.15. The normalized spacial score (nSPS) is 25.9. The van der Waals surface area contributed by atoms with Crippen LogP contribution in [-0.2, 0) is 19.4 Å². The molecule has 3 rings (SSSR count). The lowest BCUT2D eigenvalue weighted by molar-refractivity contribution is 0.350. The summed E-state index contributed by atoms with van der Waals surface area (Å²) in [5.74, 6) is 2.04. The van der Waals surface area contributed by atoms with Crippen LogP contribution in [0.4, 0.5) is 0 Å². The molecule has 1 heterocycles. The van der Waals surface area contributed by atoms with Crippen molar-refractivity contribution in [2.45, 2.75) is 83.7 Å². The SMILES string of the molecule is CCCC[C@@H]1CCC[C@H]1NCc1noc2c1CCCC2.